The molecule has 0 unspecified atom stereocenters. The summed E-state index contributed by atoms with van der Waals surface area (Å²) in [5.41, 5.74) is 0.456. The molecule has 0 aliphatic carbocycles. The van der Waals surface area contributed by atoms with Crippen molar-refractivity contribution < 1.29 is 22.3 Å². The molecule has 0 aliphatic heterocycles. The van der Waals surface area contributed by atoms with Crippen LogP contribution in [0.2, 0.25) is 0 Å². The lowest BCUT2D eigenvalue weighted by Gasteiger charge is -2.17. The van der Waals surface area contributed by atoms with Crippen LogP contribution in [0.15, 0.2) is 30.6 Å². The summed E-state index contributed by atoms with van der Waals surface area (Å²) in [5.74, 6) is 0.248. The van der Waals surface area contributed by atoms with Crippen molar-refractivity contribution in [3.63, 3.8) is 0 Å². The Morgan fingerprint density at radius 1 is 1.22 bits per heavy atom. The number of hydrogen-bond acceptors (Lipinski definition) is 7. The van der Waals surface area contributed by atoms with Gasteiger partial charge >= 0.3 is 0 Å². The Labute approximate surface area is 162 Å². The molecule has 1 aromatic heterocycles. The average Bonchev–Trinajstić information content (AvgIpc) is 2.63. The number of nitrogens with zero attached hydrogens (tertiary/aromatic N) is 2. The first kappa shape index (κ1) is 21.0. The van der Waals surface area contributed by atoms with Gasteiger partial charge in [0, 0.05) is 6.42 Å². The molecule has 146 valence electrons. The van der Waals surface area contributed by atoms with Gasteiger partial charge in [-0.15, -0.1) is 0 Å². The molecule has 0 fully saturated rings. The first-order valence-corrected chi connectivity index (χ1v) is 10.1. The maximum absolute atomic E-state index is 12.9. The van der Waals surface area contributed by atoms with Gasteiger partial charge in [0.1, 0.15) is 28.8 Å². The Morgan fingerprint density at radius 2 is 1.78 bits per heavy atom. The number of rotatable bonds is 8. The molecule has 2 aromatic rings. The number of sulfone groups is 1. The molecule has 0 amide bonds. The summed E-state index contributed by atoms with van der Waals surface area (Å²) in [7, 11) is -0.605. The van der Waals surface area contributed by atoms with E-state index in [4.69, 9.17) is 21.7 Å². The summed E-state index contributed by atoms with van der Waals surface area (Å²) in [4.78, 5) is 7.69. The summed E-state index contributed by atoms with van der Waals surface area (Å²) in [6, 6.07) is 5.15. The van der Waals surface area contributed by atoms with Gasteiger partial charge in [-0.25, -0.2) is 22.8 Å². The average molecular weight is 413 g/mol. The van der Waals surface area contributed by atoms with E-state index in [1.54, 1.807) is 18.2 Å². The molecule has 0 spiro atoms. The van der Waals surface area contributed by atoms with Crippen LogP contribution in [0, 0.1) is 5.82 Å². The lowest BCUT2D eigenvalue weighted by molar-refractivity contribution is 0.398. The van der Waals surface area contributed by atoms with Crippen LogP contribution in [0.25, 0.3) is 0 Å². The zero-order valence-electron chi connectivity index (χ0n) is 15.1. The smallest absolute Gasteiger partial charge is 0.159 e. The molecule has 1 heterocycles. The van der Waals surface area contributed by atoms with Crippen molar-refractivity contribution in [2.45, 2.75) is 18.6 Å². The standard InChI is InChI=1S/C17H20FN3O4S2/c1-11(7-15-19-8-12(18)9-20-15)27(22,23)10-16(26)21-17-13(24-2)5-4-6-14(17)25-3/h4-6,8-9,11H,7,10H2,1-3H3,(H,21,26)/t11-/m1/s1. The highest BCUT2D eigenvalue weighted by molar-refractivity contribution is 7.94. The van der Waals surface area contributed by atoms with E-state index in [0.29, 0.717) is 17.2 Å². The second kappa shape index (κ2) is 9.05. The molecular formula is C17H20FN3O4S2. The van der Waals surface area contributed by atoms with Gasteiger partial charge in [-0.2, -0.15) is 0 Å². The number of nitrogens with one attached hydrogen (secondary N) is 1. The number of para-hydroxylation sites is 1. The fourth-order valence-corrected chi connectivity index (χ4v) is 4.02. The van der Waals surface area contributed by atoms with E-state index >= 15 is 0 Å². The SMILES string of the molecule is COc1cccc(OC)c1NC(=S)CS(=O)(=O)[C@H](C)Cc1ncc(F)cn1. The summed E-state index contributed by atoms with van der Waals surface area (Å²) >= 11 is 5.22. The van der Waals surface area contributed by atoms with Gasteiger partial charge in [0.15, 0.2) is 15.7 Å². The molecule has 0 bridgehead atoms. The third kappa shape index (κ3) is 5.57. The third-order valence-electron chi connectivity index (χ3n) is 3.78. The van der Waals surface area contributed by atoms with Crippen LogP contribution in [-0.2, 0) is 16.3 Å². The van der Waals surface area contributed by atoms with Crippen molar-refractivity contribution in [3.05, 3.63) is 42.2 Å². The molecule has 1 aromatic carbocycles. The van der Waals surface area contributed by atoms with E-state index < -0.39 is 20.9 Å². The van der Waals surface area contributed by atoms with Crippen molar-refractivity contribution in [1.82, 2.24) is 9.97 Å². The van der Waals surface area contributed by atoms with Crippen molar-refractivity contribution in [1.29, 1.82) is 0 Å². The fraction of sp³-hybridized carbons (Fsp3) is 0.353. The highest BCUT2D eigenvalue weighted by Gasteiger charge is 2.25. The fourth-order valence-electron chi connectivity index (χ4n) is 2.30. The minimum absolute atomic E-state index is 0.0587. The first-order chi connectivity index (χ1) is 12.8. The number of thiocarbonyl (C=S) groups is 1. The molecule has 1 N–H and O–H groups in total. The van der Waals surface area contributed by atoms with Gasteiger partial charge in [0.25, 0.3) is 0 Å². The summed E-state index contributed by atoms with van der Waals surface area (Å²) in [5, 5.41) is 2.10. The van der Waals surface area contributed by atoms with Crippen molar-refractivity contribution in [2.24, 2.45) is 0 Å². The van der Waals surface area contributed by atoms with E-state index in [0.717, 1.165) is 12.4 Å². The van der Waals surface area contributed by atoms with Gasteiger partial charge < -0.3 is 14.8 Å². The lowest BCUT2D eigenvalue weighted by atomic mass is 10.2. The Hall–Kier alpha value is -2.33. The lowest BCUT2D eigenvalue weighted by Crippen LogP contribution is -2.30. The molecule has 0 aliphatic rings. The minimum Gasteiger partial charge on any atom is -0.494 e. The van der Waals surface area contributed by atoms with E-state index in [9.17, 15) is 12.8 Å². The van der Waals surface area contributed by atoms with Crippen LogP contribution in [0.5, 0.6) is 11.5 Å². The second-order valence-corrected chi connectivity index (χ2v) is 8.64. The van der Waals surface area contributed by atoms with Crippen molar-refractivity contribution in [2.75, 3.05) is 25.3 Å². The zero-order chi connectivity index (χ0) is 20.0. The molecule has 7 nitrogen and oxygen atoms in total. The molecule has 10 heteroatoms. The maximum Gasteiger partial charge on any atom is 0.159 e. The number of methoxy groups -OCH3 is 2. The number of halogens is 1. The number of benzene rings is 1. The first-order valence-electron chi connectivity index (χ1n) is 7.95. The Kier molecular flexibility index (Phi) is 7.03. The van der Waals surface area contributed by atoms with Crippen LogP contribution in [-0.4, -0.2) is 48.6 Å². The molecule has 0 radical (unpaired) electrons. The molecule has 0 saturated heterocycles. The quantitative estimate of drug-likeness (QED) is 0.660. The largest absolute Gasteiger partial charge is 0.494 e. The monoisotopic (exact) mass is 413 g/mol. The van der Waals surface area contributed by atoms with Crippen LogP contribution in [0.3, 0.4) is 0 Å². The predicted octanol–water partition coefficient (Wildman–Crippen LogP) is 2.42. The number of ether oxygens (including phenoxy) is 2. The Balaban J connectivity index is 2.09. The summed E-state index contributed by atoms with van der Waals surface area (Å²) < 4.78 is 48.6. The number of anilines is 1. The minimum atomic E-state index is -3.59. The van der Waals surface area contributed by atoms with Crippen LogP contribution in [0.1, 0.15) is 12.7 Å². The topological polar surface area (TPSA) is 90.4 Å². The zero-order valence-corrected chi connectivity index (χ0v) is 16.7. The Bertz CT molecular complexity index is 883. The van der Waals surface area contributed by atoms with Crippen molar-refractivity contribution in [3.8, 4) is 11.5 Å². The highest BCUT2D eigenvalue weighted by Crippen LogP contribution is 2.34. The van der Waals surface area contributed by atoms with Crippen LogP contribution < -0.4 is 14.8 Å². The number of hydrogen-bond donors (Lipinski definition) is 1. The molecule has 1 atom stereocenters. The number of aromatic nitrogens is 2. The molecule has 27 heavy (non-hydrogen) atoms. The maximum atomic E-state index is 12.9. The van der Waals surface area contributed by atoms with Crippen LogP contribution >= 0.6 is 12.2 Å². The molecule has 0 saturated carbocycles. The molecule has 2 rings (SSSR count). The van der Waals surface area contributed by atoms with Gasteiger partial charge in [0.05, 0.1) is 36.9 Å². The van der Waals surface area contributed by atoms with Crippen LogP contribution in [0.4, 0.5) is 10.1 Å². The summed E-state index contributed by atoms with van der Waals surface area (Å²) in [6.07, 6.45) is 2.06. The van der Waals surface area contributed by atoms with E-state index in [2.05, 4.69) is 15.3 Å². The van der Waals surface area contributed by atoms with E-state index in [1.165, 1.54) is 21.1 Å². The Morgan fingerprint density at radius 3 is 2.30 bits per heavy atom. The van der Waals surface area contributed by atoms with Gasteiger partial charge in [0.2, 0.25) is 0 Å². The van der Waals surface area contributed by atoms with Gasteiger partial charge in [-0.1, -0.05) is 18.3 Å². The normalized spacial score (nSPS) is 12.3. The highest BCUT2D eigenvalue weighted by atomic mass is 32.2. The van der Waals surface area contributed by atoms with E-state index in [1.807, 2.05) is 0 Å². The van der Waals surface area contributed by atoms with Gasteiger partial charge in [-0.3, -0.25) is 0 Å². The van der Waals surface area contributed by atoms with Crippen molar-refractivity contribution >= 4 is 32.7 Å². The van der Waals surface area contributed by atoms with E-state index in [-0.39, 0.29) is 23.0 Å². The van der Waals surface area contributed by atoms with Gasteiger partial charge in [-0.05, 0) is 19.1 Å². The second-order valence-electron chi connectivity index (χ2n) is 5.73. The molecular weight excluding hydrogens is 393 g/mol. The third-order valence-corrected chi connectivity index (χ3v) is 6.29. The summed E-state index contributed by atoms with van der Waals surface area (Å²) in [6.45, 7) is 1.54. The predicted molar refractivity (Wildman–Crippen MR) is 105 cm³/mol.